The molecule has 0 atom stereocenters. The summed E-state index contributed by atoms with van der Waals surface area (Å²) in [4.78, 5) is 16.8. The number of halogens is 2. The second-order valence-electron chi connectivity index (χ2n) is 7.17. The van der Waals surface area contributed by atoms with Gasteiger partial charge >= 0.3 is 0 Å². The number of amides is 1. The minimum Gasteiger partial charge on any atom is -0.340 e. The number of hydrogen-bond acceptors (Lipinski definition) is 3. The van der Waals surface area contributed by atoms with Crippen molar-refractivity contribution >= 4 is 21.8 Å². The molecule has 0 radical (unpaired) electrons. The molecule has 1 aromatic carbocycles. The summed E-state index contributed by atoms with van der Waals surface area (Å²) in [5.74, 6) is -0.157. The number of piperazine rings is 1. The smallest absolute Gasteiger partial charge is 0.222 e. The lowest BCUT2D eigenvalue weighted by Gasteiger charge is -2.35. The Labute approximate surface area is 168 Å². The molecule has 146 valence electrons. The average Bonchev–Trinajstić information content (AvgIpc) is 2.87. The minimum absolute atomic E-state index is 0.103. The summed E-state index contributed by atoms with van der Waals surface area (Å²) >= 11 is 3.25. The zero-order chi connectivity index (χ0) is 19.6. The Hall–Kier alpha value is -1.73. The molecule has 0 spiro atoms. The predicted octanol–water partition coefficient (Wildman–Crippen LogP) is 3.22. The Morgan fingerprint density at radius 3 is 2.52 bits per heavy atom. The van der Waals surface area contributed by atoms with Gasteiger partial charge < -0.3 is 4.90 Å². The molecule has 1 fully saturated rings. The molecule has 0 saturated carbocycles. The summed E-state index contributed by atoms with van der Waals surface area (Å²) in [6.45, 7) is 8.16. The molecule has 7 heteroatoms. The van der Waals surface area contributed by atoms with Crippen LogP contribution in [0.1, 0.15) is 28.9 Å². The van der Waals surface area contributed by atoms with Gasteiger partial charge in [0.05, 0.1) is 5.69 Å². The second kappa shape index (κ2) is 8.52. The Morgan fingerprint density at radius 2 is 1.93 bits per heavy atom. The van der Waals surface area contributed by atoms with E-state index in [1.54, 1.807) is 6.07 Å². The lowest BCUT2D eigenvalue weighted by Crippen LogP contribution is -2.48. The predicted molar refractivity (Wildman–Crippen MR) is 107 cm³/mol. The van der Waals surface area contributed by atoms with E-state index in [0.717, 1.165) is 38.4 Å². The maximum absolute atomic E-state index is 13.9. The van der Waals surface area contributed by atoms with Gasteiger partial charge in [-0.05, 0) is 38.0 Å². The van der Waals surface area contributed by atoms with Crippen LogP contribution < -0.4 is 0 Å². The number of aromatic nitrogens is 2. The summed E-state index contributed by atoms with van der Waals surface area (Å²) in [5.41, 5.74) is 4.14. The van der Waals surface area contributed by atoms with E-state index in [4.69, 9.17) is 0 Å². The molecule has 1 amide bonds. The fraction of sp³-hybridized carbons (Fsp3) is 0.500. The van der Waals surface area contributed by atoms with Gasteiger partial charge in [0.25, 0.3) is 0 Å². The molecule has 0 bridgehead atoms. The van der Waals surface area contributed by atoms with Gasteiger partial charge in [0.2, 0.25) is 5.91 Å². The van der Waals surface area contributed by atoms with E-state index in [0.29, 0.717) is 22.9 Å². The van der Waals surface area contributed by atoms with E-state index in [2.05, 4.69) is 32.9 Å². The molecular formula is C20H26BrFN4O. The third kappa shape index (κ3) is 4.76. The Bertz CT molecular complexity index is 828. The Kier molecular flexibility index (Phi) is 6.32. The highest BCUT2D eigenvalue weighted by atomic mass is 79.9. The van der Waals surface area contributed by atoms with Crippen LogP contribution in [-0.2, 0) is 24.8 Å². The van der Waals surface area contributed by atoms with Crippen LogP contribution >= 0.6 is 15.9 Å². The third-order valence-corrected chi connectivity index (χ3v) is 5.88. The van der Waals surface area contributed by atoms with E-state index in [1.165, 1.54) is 17.3 Å². The van der Waals surface area contributed by atoms with Crippen LogP contribution in [0.5, 0.6) is 0 Å². The number of hydrogen-bond donors (Lipinski definition) is 0. The SMILES string of the molecule is Cc1nn(C)c(C)c1CN1CCN(C(=O)CCc2ccc(Br)cc2F)CC1. The molecule has 3 rings (SSSR count). The number of aryl methyl sites for hydroxylation is 3. The normalized spacial score (nSPS) is 15.4. The molecular weight excluding hydrogens is 411 g/mol. The number of rotatable bonds is 5. The van der Waals surface area contributed by atoms with Crippen LogP contribution in [-0.4, -0.2) is 51.7 Å². The first-order chi connectivity index (χ1) is 12.8. The second-order valence-corrected chi connectivity index (χ2v) is 8.08. The van der Waals surface area contributed by atoms with Gasteiger partial charge in [-0.2, -0.15) is 5.10 Å². The summed E-state index contributed by atoms with van der Waals surface area (Å²) in [6, 6.07) is 4.99. The van der Waals surface area contributed by atoms with Crippen LogP contribution in [0.15, 0.2) is 22.7 Å². The first-order valence-electron chi connectivity index (χ1n) is 9.28. The van der Waals surface area contributed by atoms with E-state index in [9.17, 15) is 9.18 Å². The first kappa shape index (κ1) is 20.0. The quantitative estimate of drug-likeness (QED) is 0.722. The van der Waals surface area contributed by atoms with E-state index in [-0.39, 0.29) is 11.7 Å². The van der Waals surface area contributed by atoms with Gasteiger partial charge in [-0.1, -0.05) is 22.0 Å². The van der Waals surface area contributed by atoms with Gasteiger partial charge in [-0.15, -0.1) is 0 Å². The highest BCUT2D eigenvalue weighted by molar-refractivity contribution is 9.10. The number of benzene rings is 1. The molecule has 27 heavy (non-hydrogen) atoms. The van der Waals surface area contributed by atoms with Crippen LogP contribution in [0.2, 0.25) is 0 Å². The summed E-state index contributed by atoms with van der Waals surface area (Å²) < 4.78 is 16.5. The molecule has 2 heterocycles. The van der Waals surface area contributed by atoms with Crippen molar-refractivity contribution in [1.29, 1.82) is 0 Å². The van der Waals surface area contributed by atoms with Gasteiger partial charge in [0, 0.05) is 61.9 Å². The highest BCUT2D eigenvalue weighted by Crippen LogP contribution is 2.18. The van der Waals surface area contributed by atoms with Crippen LogP contribution in [0.25, 0.3) is 0 Å². The fourth-order valence-electron chi connectivity index (χ4n) is 3.55. The van der Waals surface area contributed by atoms with Crippen LogP contribution in [0.4, 0.5) is 4.39 Å². The number of nitrogens with zero attached hydrogens (tertiary/aromatic N) is 4. The van der Waals surface area contributed by atoms with Gasteiger partial charge in [0.1, 0.15) is 5.82 Å². The zero-order valence-electron chi connectivity index (χ0n) is 16.1. The molecule has 0 unspecified atom stereocenters. The highest BCUT2D eigenvalue weighted by Gasteiger charge is 2.22. The minimum atomic E-state index is -0.260. The number of carbonyl (C=O) groups excluding carboxylic acids is 1. The van der Waals surface area contributed by atoms with Gasteiger partial charge in [0.15, 0.2) is 0 Å². The maximum Gasteiger partial charge on any atom is 0.222 e. The lowest BCUT2D eigenvalue weighted by atomic mass is 10.1. The van der Waals surface area contributed by atoms with Crippen molar-refractivity contribution in [1.82, 2.24) is 19.6 Å². The van der Waals surface area contributed by atoms with Gasteiger partial charge in [-0.25, -0.2) is 4.39 Å². The van der Waals surface area contributed by atoms with Crippen LogP contribution in [0, 0.1) is 19.7 Å². The Morgan fingerprint density at radius 1 is 1.22 bits per heavy atom. The van der Waals surface area contributed by atoms with Gasteiger partial charge in [-0.3, -0.25) is 14.4 Å². The average molecular weight is 437 g/mol. The fourth-order valence-corrected chi connectivity index (χ4v) is 3.88. The van der Waals surface area contributed by atoms with Crippen molar-refractivity contribution < 1.29 is 9.18 Å². The summed E-state index contributed by atoms with van der Waals surface area (Å²) in [7, 11) is 1.97. The molecule has 2 aromatic rings. The van der Waals surface area contributed by atoms with Crippen molar-refractivity contribution in [2.24, 2.45) is 7.05 Å². The first-order valence-corrected chi connectivity index (χ1v) is 10.1. The van der Waals surface area contributed by atoms with E-state index < -0.39 is 0 Å². The summed E-state index contributed by atoms with van der Waals surface area (Å²) in [5, 5.41) is 4.48. The number of carbonyl (C=O) groups is 1. The van der Waals surface area contributed by atoms with Crippen molar-refractivity contribution in [2.75, 3.05) is 26.2 Å². The summed E-state index contributed by atoms with van der Waals surface area (Å²) in [6.07, 6.45) is 0.783. The van der Waals surface area contributed by atoms with E-state index in [1.807, 2.05) is 29.6 Å². The largest absolute Gasteiger partial charge is 0.340 e. The topological polar surface area (TPSA) is 41.4 Å². The molecule has 5 nitrogen and oxygen atoms in total. The van der Waals surface area contributed by atoms with Crippen LogP contribution in [0.3, 0.4) is 0 Å². The monoisotopic (exact) mass is 436 g/mol. The molecule has 1 aliphatic heterocycles. The van der Waals surface area contributed by atoms with Crippen molar-refractivity contribution in [3.63, 3.8) is 0 Å². The lowest BCUT2D eigenvalue weighted by molar-refractivity contribution is -0.133. The Balaban J connectivity index is 1.49. The molecule has 1 aromatic heterocycles. The van der Waals surface area contributed by atoms with Crippen molar-refractivity contribution in [2.45, 2.75) is 33.2 Å². The zero-order valence-corrected chi connectivity index (χ0v) is 17.7. The maximum atomic E-state index is 13.9. The third-order valence-electron chi connectivity index (χ3n) is 5.39. The molecule has 1 saturated heterocycles. The van der Waals surface area contributed by atoms with E-state index >= 15 is 0 Å². The molecule has 0 N–H and O–H groups in total. The molecule has 0 aliphatic carbocycles. The standard InChI is InChI=1S/C20H26BrFN4O/c1-14-18(15(2)24(3)23-14)13-25-8-10-26(11-9-25)20(27)7-5-16-4-6-17(21)12-19(16)22/h4,6,12H,5,7-11,13H2,1-3H3. The van der Waals surface area contributed by atoms with Crippen molar-refractivity contribution in [3.05, 3.63) is 51.0 Å². The van der Waals surface area contributed by atoms with Crippen molar-refractivity contribution in [3.8, 4) is 0 Å². The molecule has 1 aliphatic rings.